The number of aliphatic carboxylic acids is 2. The SMILES string of the molecule is CCc1cc2sc(SC(CC(=O)O)C(=O)O)nc2c(CC)c1CC. The van der Waals surface area contributed by atoms with E-state index < -0.39 is 23.6 Å². The molecule has 2 rings (SSSR count). The Balaban J connectivity index is 2.47. The molecule has 1 atom stereocenters. The Hall–Kier alpha value is -1.60. The van der Waals surface area contributed by atoms with Crippen molar-refractivity contribution >= 4 is 45.3 Å². The molecule has 0 amide bonds. The van der Waals surface area contributed by atoms with Crippen molar-refractivity contribution in [3.8, 4) is 0 Å². The van der Waals surface area contributed by atoms with Gasteiger partial charge in [0.25, 0.3) is 0 Å². The summed E-state index contributed by atoms with van der Waals surface area (Å²) in [5.74, 6) is -2.24. The maximum absolute atomic E-state index is 11.3. The quantitative estimate of drug-likeness (QED) is 0.686. The lowest BCUT2D eigenvalue weighted by Crippen LogP contribution is -2.20. The number of thioether (sulfide) groups is 1. The summed E-state index contributed by atoms with van der Waals surface area (Å²) < 4.78 is 1.66. The Bertz CT molecular complexity index is 770. The van der Waals surface area contributed by atoms with Crippen molar-refractivity contribution in [2.75, 3.05) is 0 Å². The summed E-state index contributed by atoms with van der Waals surface area (Å²) in [6.45, 7) is 6.36. The second kappa shape index (κ2) is 7.98. The van der Waals surface area contributed by atoms with Crippen LogP contribution in [0.25, 0.3) is 10.2 Å². The number of aromatic nitrogens is 1. The Morgan fingerprint density at radius 3 is 2.33 bits per heavy atom. The molecule has 1 aromatic carbocycles. The number of hydrogen-bond acceptors (Lipinski definition) is 5. The lowest BCUT2D eigenvalue weighted by molar-refractivity contribution is -0.142. The predicted octanol–water partition coefficient (Wildman–Crippen LogP) is 4.00. The molecular weight excluding hydrogens is 346 g/mol. The number of rotatable bonds is 8. The van der Waals surface area contributed by atoms with Gasteiger partial charge in [-0.15, -0.1) is 11.3 Å². The van der Waals surface area contributed by atoms with Crippen LogP contribution in [0, 0.1) is 0 Å². The van der Waals surface area contributed by atoms with E-state index >= 15 is 0 Å². The topological polar surface area (TPSA) is 87.5 Å². The van der Waals surface area contributed by atoms with Gasteiger partial charge in [0.2, 0.25) is 0 Å². The first-order valence-corrected chi connectivity index (χ1v) is 9.66. The number of carboxylic acids is 2. The van der Waals surface area contributed by atoms with Crippen LogP contribution in [0.3, 0.4) is 0 Å². The molecule has 5 nitrogen and oxygen atoms in total. The van der Waals surface area contributed by atoms with E-state index in [0.29, 0.717) is 4.34 Å². The van der Waals surface area contributed by atoms with Crippen LogP contribution in [0.15, 0.2) is 10.4 Å². The monoisotopic (exact) mass is 367 g/mol. The zero-order valence-corrected chi connectivity index (χ0v) is 15.6. The lowest BCUT2D eigenvalue weighted by Gasteiger charge is -2.12. The summed E-state index contributed by atoms with van der Waals surface area (Å²) in [6, 6.07) is 2.14. The predicted molar refractivity (Wildman–Crippen MR) is 97.3 cm³/mol. The first-order valence-electron chi connectivity index (χ1n) is 7.96. The highest BCUT2D eigenvalue weighted by Gasteiger charge is 2.24. The van der Waals surface area contributed by atoms with Crippen LogP contribution < -0.4 is 0 Å². The van der Waals surface area contributed by atoms with Crippen LogP contribution >= 0.6 is 23.1 Å². The van der Waals surface area contributed by atoms with Gasteiger partial charge in [0.15, 0.2) is 4.34 Å². The molecule has 0 spiro atoms. The molecule has 0 radical (unpaired) electrons. The molecule has 0 aliphatic rings. The van der Waals surface area contributed by atoms with Gasteiger partial charge in [-0.3, -0.25) is 9.59 Å². The van der Waals surface area contributed by atoms with E-state index in [1.165, 1.54) is 28.0 Å². The number of thiazole rings is 1. The normalized spacial score (nSPS) is 12.5. The van der Waals surface area contributed by atoms with Crippen LogP contribution in [0.1, 0.15) is 43.9 Å². The van der Waals surface area contributed by atoms with Crippen molar-refractivity contribution in [1.82, 2.24) is 4.98 Å². The van der Waals surface area contributed by atoms with Crippen molar-refractivity contribution < 1.29 is 19.8 Å². The minimum Gasteiger partial charge on any atom is -0.481 e. The average Bonchev–Trinajstić information content (AvgIpc) is 2.93. The van der Waals surface area contributed by atoms with Gasteiger partial charge in [-0.2, -0.15) is 0 Å². The standard InChI is InChI=1S/C17H21NO4S2/c1-4-9-7-12-15(11(6-3)10(9)5-2)18-17(23-12)24-13(16(21)22)8-14(19)20/h7,13H,4-6,8H2,1-3H3,(H,19,20)(H,21,22). The first kappa shape index (κ1) is 18.7. The number of hydrogen-bond donors (Lipinski definition) is 2. The highest BCUT2D eigenvalue weighted by Crippen LogP contribution is 2.37. The number of nitrogens with zero attached hydrogens (tertiary/aromatic N) is 1. The van der Waals surface area contributed by atoms with E-state index in [1.807, 2.05) is 0 Å². The van der Waals surface area contributed by atoms with E-state index in [9.17, 15) is 14.7 Å². The van der Waals surface area contributed by atoms with Gasteiger partial charge in [0.05, 0.1) is 16.6 Å². The summed E-state index contributed by atoms with van der Waals surface area (Å²) >= 11 is 2.47. The molecule has 130 valence electrons. The average molecular weight is 367 g/mol. The van der Waals surface area contributed by atoms with Gasteiger partial charge in [-0.1, -0.05) is 32.5 Å². The van der Waals surface area contributed by atoms with Gasteiger partial charge in [-0.05, 0) is 42.0 Å². The maximum Gasteiger partial charge on any atom is 0.317 e. The van der Waals surface area contributed by atoms with Crippen LogP contribution in [-0.2, 0) is 28.9 Å². The molecule has 7 heteroatoms. The molecule has 0 saturated heterocycles. The Labute approximate surface area is 149 Å². The van der Waals surface area contributed by atoms with Crippen molar-refractivity contribution in [3.05, 3.63) is 22.8 Å². The minimum atomic E-state index is -1.12. The number of aryl methyl sites for hydroxylation is 2. The van der Waals surface area contributed by atoms with Crippen molar-refractivity contribution in [1.29, 1.82) is 0 Å². The van der Waals surface area contributed by atoms with Crippen LogP contribution in [0.5, 0.6) is 0 Å². The van der Waals surface area contributed by atoms with Crippen LogP contribution in [-0.4, -0.2) is 32.4 Å². The molecule has 1 unspecified atom stereocenters. The summed E-state index contributed by atoms with van der Waals surface area (Å²) in [4.78, 5) is 26.7. The van der Waals surface area contributed by atoms with Gasteiger partial charge >= 0.3 is 11.9 Å². The number of carboxylic acid groups (broad SMARTS) is 2. The molecule has 0 bridgehead atoms. The smallest absolute Gasteiger partial charge is 0.317 e. The van der Waals surface area contributed by atoms with Crippen molar-refractivity contribution in [2.45, 2.75) is 56.0 Å². The van der Waals surface area contributed by atoms with E-state index in [-0.39, 0.29) is 0 Å². The summed E-state index contributed by atoms with van der Waals surface area (Å²) in [7, 11) is 0. The van der Waals surface area contributed by atoms with E-state index in [4.69, 9.17) is 5.11 Å². The number of carbonyl (C=O) groups is 2. The van der Waals surface area contributed by atoms with E-state index in [2.05, 4.69) is 31.8 Å². The van der Waals surface area contributed by atoms with Gasteiger partial charge in [0, 0.05) is 0 Å². The summed E-state index contributed by atoms with van der Waals surface area (Å²) in [5.41, 5.74) is 4.79. The summed E-state index contributed by atoms with van der Waals surface area (Å²) in [6.07, 6.45) is 2.35. The Morgan fingerprint density at radius 2 is 1.83 bits per heavy atom. The molecule has 0 saturated carbocycles. The first-order chi connectivity index (χ1) is 11.4. The third kappa shape index (κ3) is 3.89. The third-order valence-electron chi connectivity index (χ3n) is 3.94. The van der Waals surface area contributed by atoms with Crippen molar-refractivity contribution in [3.63, 3.8) is 0 Å². The molecule has 1 heterocycles. The molecule has 24 heavy (non-hydrogen) atoms. The maximum atomic E-state index is 11.3. The Kier molecular flexibility index (Phi) is 6.23. The fourth-order valence-electron chi connectivity index (χ4n) is 2.85. The van der Waals surface area contributed by atoms with Crippen molar-refractivity contribution in [2.24, 2.45) is 0 Å². The van der Waals surface area contributed by atoms with Gasteiger partial charge < -0.3 is 10.2 Å². The Morgan fingerprint density at radius 1 is 1.17 bits per heavy atom. The zero-order chi connectivity index (χ0) is 17.9. The molecule has 2 N–H and O–H groups in total. The highest BCUT2D eigenvalue weighted by atomic mass is 32.2. The zero-order valence-electron chi connectivity index (χ0n) is 14.0. The van der Waals surface area contributed by atoms with E-state index in [1.54, 1.807) is 0 Å². The van der Waals surface area contributed by atoms with Gasteiger partial charge in [-0.25, -0.2) is 4.98 Å². The molecule has 0 aliphatic heterocycles. The van der Waals surface area contributed by atoms with E-state index in [0.717, 1.165) is 41.2 Å². The molecule has 0 fully saturated rings. The molecular formula is C17H21NO4S2. The molecule has 0 aliphatic carbocycles. The number of benzene rings is 1. The number of fused-ring (bicyclic) bond motifs is 1. The van der Waals surface area contributed by atoms with Crippen LogP contribution in [0.2, 0.25) is 0 Å². The fraction of sp³-hybridized carbons (Fsp3) is 0.471. The minimum absolute atomic E-state index is 0.420. The van der Waals surface area contributed by atoms with Crippen LogP contribution in [0.4, 0.5) is 0 Å². The molecule has 2 aromatic rings. The lowest BCUT2D eigenvalue weighted by atomic mass is 9.95. The second-order valence-electron chi connectivity index (χ2n) is 5.42. The van der Waals surface area contributed by atoms with Gasteiger partial charge in [0.1, 0.15) is 5.25 Å². The third-order valence-corrected chi connectivity index (χ3v) is 6.22. The second-order valence-corrected chi connectivity index (χ2v) is 7.90. The largest absolute Gasteiger partial charge is 0.481 e. The fourth-order valence-corrected chi connectivity index (χ4v) is 5.17. The summed E-state index contributed by atoms with van der Waals surface area (Å²) in [5, 5.41) is 17.1. The molecule has 1 aromatic heterocycles. The highest BCUT2D eigenvalue weighted by molar-refractivity contribution is 8.02.